The van der Waals surface area contributed by atoms with Crippen LogP contribution in [-0.4, -0.2) is 46.9 Å². The van der Waals surface area contributed by atoms with E-state index in [1.54, 1.807) is 0 Å². The third kappa shape index (κ3) is 44.0. The van der Waals surface area contributed by atoms with Crippen LogP contribution in [0.25, 0.3) is 0 Å². The quantitative estimate of drug-likeness (QED) is 0.0322. The van der Waals surface area contributed by atoms with Crippen LogP contribution >= 0.6 is 0 Å². The number of carbonyl (C=O) groups is 2. The molecular formula is C55H99NO5. The third-order valence-electron chi connectivity index (χ3n) is 11.7. The highest BCUT2D eigenvalue weighted by Gasteiger charge is 2.24. The van der Waals surface area contributed by atoms with Gasteiger partial charge in [0.2, 0.25) is 5.91 Å². The first-order valence-corrected chi connectivity index (χ1v) is 26.1. The van der Waals surface area contributed by atoms with E-state index in [1.165, 1.54) is 122 Å². The van der Waals surface area contributed by atoms with E-state index in [0.717, 1.165) is 83.5 Å². The Labute approximate surface area is 378 Å². The number of esters is 1. The number of aliphatic hydroxyl groups excluding tert-OH is 2. The van der Waals surface area contributed by atoms with Crippen molar-refractivity contribution in [2.24, 2.45) is 0 Å². The highest BCUT2D eigenvalue weighted by Crippen LogP contribution is 2.17. The van der Waals surface area contributed by atoms with Crippen molar-refractivity contribution < 1.29 is 24.5 Å². The molecule has 6 heteroatoms. The molecule has 0 aromatic carbocycles. The number of allylic oxidation sites excluding steroid dienone is 10. The van der Waals surface area contributed by atoms with Gasteiger partial charge >= 0.3 is 5.97 Å². The van der Waals surface area contributed by atoms with Crippen LogP contribution in [0.5, 0.6) is 0 Å². The lowest BCUT2D eigenvalue weighted by atomic mass is 10.0. The molecule has 0 aliphatic rings. The molecule has 3 N–H and O–H groups in total. The van der Waals surface area contributed by atoms with E-state index < -0.39 is 18.2 Å². The molecule has 3 atom stereocenters. The number of hydrogen-bond acceptors (Lipinski definition) is 5. The summed E-state index contributed by atoms with van der Waals surface area (Å²) in [6.07, 6.45) is 60.0. The number of unbranched alkanes of at least 4 members (excludes halogenated alkanes) is 27. The van der Waals surface area contributed by atoms with Crippen molar-refractivity contribution in [3.05, 3.63) is 60.8 Å². The highest BCUT2D eigenvalue weighted by molar-refractivity contribution is 5.77. The van der Waals surface area contributed by atoms with Gasteiger partial charge in [-0.2, -0.15) is 0 Å². The number of amides is 1. The summed E-state index contributed by atoms with van der Waals surface area (Å²) < 4.78 is 5.90. The lowest BCUT2D eigenvalue weighted by Crippen LogP contribution is -2.46. The van der Waals surface area contributed by atoms with Crippen molar-refractivity contribution in [2.75, 3.05) is 6.61 Å². The number of aliphatic hydroxyl groups is 2. The van der Waals surface area contributed by atoms with Crippen molar-refractivity contribution in [3.8, 4) is 0 Å². The summed E-state index contributed by atoms with van der Waals surface area (Å²) in [6, 6.07) is -0.719. The van der Waals surface area contributed by atoms with Crippen LogP contribution in [0.2, 0.25) is 0 Å². The van der Waals surface area contributed by atoms with Gasteiger partial charge in [-0.1, -0.05) is 229 Å². The lowest BCUT2D eigenvalue weighted by Gasteiger charge is -2.24. The fourth-order valence-electron chi connectivity index (χ4n) is 7.72. The van der Waals surface area contributed by atoms with Gasteiger partial charge < -0.3 is 20.3 Å². The third-order valence-corrected chi connectivity index (χ3v) is 11.7. The minimum Gasteiger partial charge on any atom is -0.462 e. The average Bonchev–Trinajstić information content (AvgIpc) is 3.25. The van der Waals surface area contributed by atoms with Crippen LogP contribution in [0.3, 0.4) is 0 Å². The van der Waals surface area contributed by atoms with Gasteiger partial charge in [0.25, 0.3) is 0 Å². The molecule has 0 bridgehead atoms. The monoisotopic (exact) mass is 854 g/mol. The minimum atomic E-state index is -0.803. The molecule has 0 aliphatic heterocycles. The normalized spacial score (nSPS) is 13.7. The number of nitrogens with one attached hydrogen (secondary N) is 1. The highest BCUT2D eigenvalue weighted by atomic mass is 16.5. The Kier molecular flexibility index (Phi) is 46.6. The van der Waals surface area contributed by atoms with Crippen LogP contribution in [0.1, 0.15) is 252 Å². The average molecular weight is 854 g/mol. The molecule has 3 unspecified atom stereocenters. The lowest BCUT2D eigenvalue weighted by molar-refractivity contribution is -0.151. The molecule has 0 saturated carbocycles. The van der Waals surface area contributed by atoms with Gasteiger partial charge in [-0.25, -0.2) is 0 Å². The predicted molar refractivity (Wildman–Crippen MR) is 264 cm³/mol. The SMILES string of the molecule is CC/C=C/C=C/C=C\CCCCCC(CC(=O)NC(CO)C(O)CCCCCCCCCCCCCCCCC)OC(=O)CCCCC/C=C/C=C/CCCCCCCCC. The number of hydrogen-bond donors (Lipinski definition) is 3. The Balaban J connectivity index is 4.58. The summed E-state index contributed by atoms with van der Waals surface area (Å²) in [4.78, 5) is 26.1. The smallest absolute Gasteiger partial charge is 0.306 e. The summed E-state index contributed by atoms with van der Waals surface area (Å²) in [7, 11) is 0. The number of carbonyl (C=O) groups excluding carboxylic acids is 2. The van der Waals surface area contributed by atoms with Gasteiger partial charge in [-0.05, 0) is 70.6 Å². The van der Waals surface area contributed by atoms with E-state index in [4.69, 9.17) is 4.74 Å². The van der Waals surface area contributed by atoms with Crippen LogP contribution in [0.4, 0.5) is 0 Å². The zero-order chi connectivity index (χ0) is 44.5. The fraction of sp³-hybridized carbons (Fsp3) is 0.782. The first kappa shape index (κ1) is 58.6. The molecule has 0 aromatic heterocycles. The maximum atomic E-state index is 13.2. The van der Waals surface area contributed by atoms with Gasteiger partial charge in [0.05, 0.1) is 25.2 Å². The van der Waals surface area contributed by atoms with Gasteiger partial charge in [-0.15, -0.1) is 0 Å². The molecule has 6 nitrogen and oxygen atoms in total. The second kappa shape index (κ2) is 48.6. The van der Waals surface area contributed by atoms with Gasteiger partial charge in [-0.3, -0.25) is 9.59 Å². The van der Waals surface area contributed by atoms with E-state index in [9.17, 15) is 19.8 Å². The molecule has 354 valence electrons. The summed E-state index contributed by atoms with van der Waals surface area (Å²) >= 11 is 0. The molecule has 0 radical (unpaired) electrons. The summed E-state index contributed by atoms with van der Waals surface area (Å²) in [5, 5.41) is 23.8. The zero-order valence-electron chi connectivity index (χ0n) is 40.3. The largest absolute Gasteiger partial charge is 0.462 e. The number of ether oxygens (including phenoxy) is 1. The molecule has 0 aromatic rings. The second-order valence-electron chi connectivity index (χ2n) is 17.6. The molecule has 0 heterocycles. The fourth-order valence-corrected chi connectivity index (χ4v) is 7.72. The van der Waals surface area contributed by atoms with Crippen molar-refractivity contribution in [3.63, 3.8) is 0 Å². The van der Waals surface area contributed by atoms with Crippen LogP contribution < -0.4 is 5.32 Å². The van der Waals surface area contributed by atoms with E-state index >= 15 is 0 Å². The predicted octanol–water partition coefficient (Wildman–Crippen LogP) is 15.6. The first-order valence-electron chi connectivity index (χ1n) is 26.1. The summed E-state index contributed by atoms with van der Waals surface area (Å²) in [5.74, 6) is -0.539. The molecule has 1 amide bonds. The first-order chi connectivity index (χ1) is 30.0. The van der Waals surface area contributed by atoms with Crippen LogP contribution in [-0.2, 0) is 14.3 Å². The van der Waals surface area contributed by atoms with E-state index in [-0.39, 0.29) is 24.9 Å². The molecular weight excluding hydrogens is 755 g/mol. The van der Waals surface area contributed by atoms with E-state index in [2.05, 4.69) is 74.7 Å². The van der Waals surface area contributed by atoms with Crippen molar-refractivity contribution in [2.45, 2.75) is 270 Å². The number of rotatable bonds is 46. The Morgan fingerprint density at radius 3 is 1.36 bits per heavy atom. The minimum absolute atomic E-state index is 0.0428. The zero-order valence-corrected chi connectivity index (χ0v) is 40.3. The van der Waals surface area contributed by atoms with E-state index in [1.807, 2.05) is 12.2 Å². The summed E-state index contributed by atoms with van der Waals surface area (Å²) in [6.45, 7) is 6.33. The molecule has 0 saturated heterocycles. The van der Waals surface area contributed by atoms with Crippen LogP contribution in [0, 0.1) is 0 Å². The van der Waals surface area contributed by atoms with Gasteiger partial charge in [0, 0.05) is 6.42 Å². The van der Waals surface area contributed by atoms with Gasteiger partial charge in [0.1, 0.15) is 6.10 Å². The second-order valence-corrected chi connectivity index (χ2v) is 17.6. The topological polar surface area (TPSA) is 95.9 Å². The Hall–Kier alpha value is -2.44. The Bertz CT molecular complexity index is 1090. The van der Waals surface area contributed by atoms with Crippen molar-refractivity contribution in [1.29, 1.82) is 0 Å². The van der Waals surface area contributed by atoms with Gasteiger partial charge in [0.15, 0.2) is 0 Å². The van der Waals surface area contributed by atoms with Crippen molar-refractivity contribution >= 4 is 11.9 Å². The van der Waals surface area contributed by atoms with Crippen LogP contribution in [0.15, 0.2) is 60.8 Å². The molecule has 61 heavy (non-hydrogen) atoms. The maximum Gasteiger partial charge on any atom is 0.306 e. The molecule has 0 aliphatic carbocycles. The Morgan fingerprint density at radius 1 is 0.492 bits per heavy atom. The van der Waals surface area contributed by atoms with Crippen molar-refractivity contribution in [1.82, 2.24) is 5.32 Å². The Morgan fingerprint density at radius 2 is 0.885 bits per heavy atom. The maximum absolute atomic E-state index is 13.2. The molecule has 0 fully saturated rings. The standard InChI is InChI=1S/C55H99NO5/c1-4-7-10-13-16-19-22-24-26-28-30-33-36-39-42-45-48-55(60)61-51(46-43-40-37-34-31-21-18-15-12-9-6-3)49-54(59)56-52(50-57)53(58)47-44-41-38-35-32-29-27-25-23-20-17-14-11-8-5-2/h9,12,15,18,21,26,28,30-31,33,51-53,57-58H,4-8,10-11,13-14,16-17,19-20,22-25,27,29,32,34-50H2,1-3H3,(H,56,59)/b12-9+,18-15+,28-26+,31-21-,33-30+. The van der Waals surface area contributed by atoms with E-state index in [0.29, 0.717) is 19.3 Å². The summed E-state index contributed by atoms with van der Waals surface area (Å²) in [5.41, 5.74) is 0. The molecule has 0 spiro atoms. The molecule has 0 rings (SSSR count).